The van der Waals surface area contributed by atoms with Crippen LogP contribution in [0.5, 0.6) is 0 Å². The fraction of sp³-hybridized carbons (Fsp3) is 0.357. The third-order valence-corrected chi connectivity index (χ3v) is 3.73. The van der Waals surface area contributed by atoms with Crippen LogP contribution >= 0.6 is 11.8 Å². The number of nitrogens with zero attached hydrogens (tertiary/aromatic N) is 1. The van der Waals surface area contributed by atoms with Gasteiger partial charge in [0.05, 0.1) is 5.52 Å². The van der Waals surface area contributed by atoms with Crippen molar-refractivity contribution in [2.45, 2.75) is 37.0 Å². The molecule has 0 radical (unpaired) electrons. The smallest absolute Gasteiger partial charge is 0.0713 e. The molecule has 0 bridgehead atoms. The summed E-state index contributed by atoms with van der Waals surface area (Å²) in [5.74, 6) is 0. The molecule has 0 saturated carbocycles. The third-order valence-electron chi connectivity index (χ3n) is 2.43. The molecule has 2 aromatic rings. The monoisotopic (exact) mass is 246 g/mol. The molecule has 1 aromatic carbocycles. The Labute approximate surface area is 107 Å². The Kier molecular flexibility index (Phi) is 3.40. The van der Waals surface area contributed by atoms with Gasteiger partial charge in [-0.2, -0.15) is 0 Å². The molecule has 0 unspecified atom stereocenters. The summed E-state index contributed by atoms with van der Waals surface area (Å²) in [6, 6.07) is 8.23. The standard InChI is InChI=1S/C14H18N2S/c1-14(2,3)17-13-10(8-15)9-16-12-7-5-4-6-11(12)13/h4-7,9H,8,15H2,1-3H3. The predicted molar refractivity (Wildman–Crippen MR) is 75.2 cm³/mol. The number of pyridine rings is 1. The molecule has 0 saturated heterocycles. The van der Waals surface area contributed by atoms with Crippen LogP contribution in [-0.2, 0) is 6.54 Å². The van der Waals surface area contributed by atoms with Gasteiger partial charge in [-0.05, 0) is 11.6 Å². The lowest BCUT2D eigenvalue weighted by Gasteiger charge is -2.20. The van der Waals surface area contributed by atoms with E-state index in [1.807, 2.05) is 30.1 Å². The Hall–Kier alpha value is -1.06. The van der Waals surface area contributed by atoms with Gasteiger partial charge in [0.1, 0.15) is 0 Å². The van der Waals surface area contributed by atoms with Crippen LogP contribution in [0, 0.1) is 0 Å². The minimum atomic E-state index is 0.175. The summed E-state index contributed by atoms with van der Waals surface area (Å²) < 4.78 is 0.175. The van der Waals surface area contributed by atoms with Gasteiger partial charge in [-0.15, -0.1) is 11.8 Å². The average Bonchev–Trinajstić information content (AvgIpc) is 2.28. The van der Waals surface area contributed by atoms with E-state index >= 15 is 0 Å². The van der Waals surface area contributed by atoms with Crippen LogP contribution in [0.4, 0.5) is 0 Å². The highest BCUT2D eigenvalue weighted by atomic mass is 32.2. The van der Waals surface area contributed by atoms with E-state index in [2.05, 4.69) is 37.9 Å². The van der Waals surface area contributed by atoms with Gasteiger partial charge in [0, 0.05) is 27.8 Å². The van der Waals surface area contributed by atoms with E-state index in [0.717, 1.165) is 11.1 Å². The molecule has 1 aromatic heterocycles. The Balaban J connectivity index is 2.63. The molecule has 0 atom stereocenters. The number of para-hydroxylation sites is 1. The lowest BCUT2D eigenvalue weighted by Crippen LogP contribution is -2.09. The number of thioether (sulfide) groups is 1. The van der Waals surface area contributed by atoms with Crippen molar-refractivity contribution in [3.8, 4) is 0 Å². The second kappa shape index (κ2) is 4.67. The summed E-state index contributed by atoms with van der Waals surface area (Å²) in [6.45, 7) is 7.18. The van der Waals surface area contributed by atoms with Crippen LogP contribution in [0.3, 0.4) is 0 Å². The van der Waals surface area contributed by atoms with Gasteiger partial charge in [0.2, 0.25) is 0 Å². The molecule has 0 spiro atoms. The molecule has 0 amide bonds. The first-order valence-electron chi connectivity index (χ1n) is 5.77. The van der Waals surface area contributed by atoms with Crippen molar-refractivity contribution in [2.24, 2.45) is 5.73 Å². The minimum Gasteiger partial charge on any atom is -0.326 e. The van der Waals surface area contributed by atoms with Crippen molar-refractivity contribution in [3.63, 3.8) is 0 Å². The van der Waals surface area contributed by atoms with Crippen molar-refractivity contribution in [2.75, 3.05) is 0 Å². The summed E-state index contributed by atoms with van der Waals surface area (Å²) in [4.78, 5) is 5.72. The van der Waals surface area contributed by atoms with E-state index in [9.17, 15) is 0 Å². The molecule has 2 N–H and O–H groups in total. The van der Waals surface area contributed by atoms with E-state index < -0.39 is 0 Å². The van der Waals surface area contributed by atoms with Crippen LogP contribution in [0.15, 0.2) is 35.4 Å². The fourth-order valence-electron chi connectivity index (χ4n) is 1.73. The Bertz CT molecular complexity index is 529. The number of hydrogen-bond donors (Lipinski definition) is 1. The van der Waals surface area contributed by atoms with E-state index in [1.165, 1.54) is 10.3 Å². The SMILES string of the molecule is CC(C)(C)Sc1c(CN)cnc2ccccc12. The number of hydrogen-bond acceptors (Lipinski definition) is 3. The van der Waals surface area contributed by atoms with Crippen LogP contribution < -0.4 is 5.73 Å². The number of fused-ring (bicyclic) bond motifs is 1. The number of nitrogens with two attached hydrogens (primary N) is 1. The summed E-state index contributed by atoms with van der Waals surface area (Å²) in [7, 11) is 0. The zero-order chi connectivity index (χ0) is 12.5. The largest absolute Gasteiger partial charge is 0.326 e. The van der Waals surface area contributed by atoms with Gasteiger partial charge in [-0.25, -0.2) is 0 Å². The van der Waals surface area contributed by atoms with Gasteiger partial charge in [-0.3, -0.25) is 4.98 Å². The zero-order valence-corrected chi connectivity index (χ0v) is 11.3. The number of rotatable bonds is 2. The molecular weight excluding hydrogens is 228 g/mol. The predicted octanol–water partition coefficient (Wildman–Crippen LogP) is 3.58. The maximum Gasteiger partial charge on any atom is 0.0713 e. The second-order valence-electron chi connectivity index (χ2n) is 5.05. The molecule has 0 aliphatic rings. The van der Waals surface area contributed by atoms with Crippen molar-refractivity contribution in [3.05, 3.63) is 36.0 Å². The van der Waals surface area contributed by atoms with Gasteiger partial charge in [0.25, 0.3) is 0 Å². The lowest BCUT2D eigenvalue weighted by atomic mass is 10.1. The summed E-state index contributed by atoms with van der Waals surface area (Å²) in [5.41, 5.74) is 7.97. The number of aromatic nitrogens is 1. The molecule has 0 fully saturated rings. The highest BCUT2D eigenvalue weighted by Crippen LogP contribution is 2.38. The molecule has 17 heavy (non-hydrogen) atoms. The van der Waals surface area contributed by atoms with E-state index in [-0.39, 0.29) is 4.75 Å². The molecule has 2 nitrogen and oxygen atoms in total. The minimum absolute atomic E-state index is 0.175. The van der Waals surface area contributed by atoms with Crippen molar-refractivity contribution < 1.29 is 0 Å². The quantitative estimate of drug-likeness (QED) is 0.823. The first-order valence-corrected chi connectivity index (χ1v) is 6.58. The zero-order valence-electron chi connectivity index (χ0n) is 10.5. The molecule has 3 heteroatoms. The Morgan fingerprint density at radius 1 is 1.24 bits per heavy atom. The maximum atomic E-state index is 5.81. The fourth-order valence-corrected chi connectivity index (χ4v) is 2.89. The average molecular weight is 246 g/mol. The van der Waals surface area contributed by atoms with Crippen LogP contribution in [0.1, 0.15) is 26.3 Å². The maximum absolute atomic E-state index is 5.81. The highest BCUT2D eigenvalue weighted by Gasteiger charge is 2.17. The van der Waals surface area contributed by atoms with Gasteiger partial charge in [0.15, 0.2) is 0 Å². The molecule has 90 valence electrons. The van der Waals surface area contributed by atoms with Gasteiger partial charge >= 0.3 is 0 Å². The molecule has 0 aliphatic heterocycles. The molecule has 1 heterocycles. The molecule has 2 rings (SSSR count). The molecular formula is C14H18N2S. The summed E-state index contributed by atoms with van der Waals surface area (Å²) >= 11 is 1.86. The van der Waals surface area contributed by atoms with Crippen molar-refractivity contribution >= 4 is 22.7 Å². The molecule has 0 aliphatic carbocycles. The normalized spacial score (nSPS) is 12.0. The van der Waals surface area contributed by atoms with Crippen LogP contribution in [-0.4, -0.2) is 9.73 Å². The lowest BCUT2D eigenvalue weighted by molar-refractivity contribution is 0.801. The van der Waals surface area contributed by atoms with Crippen molar-refractivity contribution in [1.29, 1.82) is 0 Å². The first kappa shape index (κ1) is 12.4. The van der Waals surface area contributed by atoms with E-state index in [4.69, 9.17) is 5.73 Å². The van der Waals surface area contributed by atoms with Crippen LogP contribution in [0.2, 0.25) is 0 Å². The summed E-state index contributed by atoms with van der Waals surface area (Å²) in [6.07, 6.45) is 1.90. The third kappa shape index (κ3) is 2.79. The van der Waals surface area contributed by atoms with Gasteiger partial charge in [-0.1, -0.05) is 39.0 Å². The number of benzene rings is 1. The van der Waals surface area contributed by atoms with Crippen molar-refractivity contribution in [1.82, 2.24) is 4.98 Å². The Morgan fingerprint density at radius 3 is 2.59 bits per heavy atom. The van der Waals surface area contributed by atoms with E-state index in [1.54, 1.807) is 0 Å². The van der Waals surface area contributed by atoms with Gasteiger partial charge < -0.3 is 5.73 Å². The second-order valence-corrected chi connectivity index (χ2v) is 6.89. The van der Waals surface area contributed by atoms with Crippen LogP contribution in [0.25, 0.3) is 10.9 Å². The Morgan fingerprint density at radius 2 is 1.94 bits per heavy atom. The van der Waals surface area contributed by atoms with E-state index in [0.29, 0.717) is 6.54 Å². The topological polar surface area (TPSA) is 38.9 Å². The highest BCUT2D eigenvalue weighted by molar-refractivity contribution is 8.00. The first-order chi connectivity index (χ1) is 8.01. The summed E-state index contributed by atoms with van der Waals surface area (Å²) in [5, 5.41) is 1.20.